The number of anilines is 1. The molecule has 0 saturated carbocycles. The van der Waals surface area contributed by atoms with E-state index in [4.69, 9.17) is 0 Å². The molecule has 0 unspecified atom stereocenters. The van der Waals surface area contributed by atoms with Gasteiger partial charge in [0.25, 0.3) is 5.91 Å². The van der Waals surface area contributed by atoms with Gasteiger partial charge in [0.1, 0.15) is 5.52 Å². The fourth-order valence-electron chi connectivity index (χ4n) is 2.92. The molecular formula is C20H19F2N3O. The Morgan fingerprint density at radius 3 is 2.50 bits per heavy atom. The van der Waals surface area contributed by atoms with Crippen LogP contribution in [0.5, 0.6) is 0 Å². The van der Waals surface area contributed by atoms with Gasteiger partial charge in [0.15, 0.2) is 11.6 Å². The summed E-state index contributed by atoms with van der Waals surface area (Å²) in [5, 5.41) is 3.14. The molecule has 26 heavy (non-hydrogen) atoms. The average molecular weight is 355 g/mol. The maximum Gasteiger partial charge on any atom is 0.251 e. The summed E-state index contributed by atoms with van der Waals surface area (Å²) in [5.74, 6) is -1.98. The summed E-state index contributed by atoms with van der Waals surface area (Å²) < 4.78 is 27.6. The van der Waals surface area contributed by atoms with Gasteiger partial charge in [-0.05, 0) is 42.8 Å². The Labute approximate surface area is 150 Å². The second-order valence-electron chi connectivity index (χ2n) is 6.17. The van der Waals surface area contributed by atoms with Crippen molar-refractivity contribution >= 4 is 22.5 Å². The SMILES string of the molecule is CNC(=O)c1ccc(CN(C)c2cc(C)nc3c(F)c(F)ccc23)cc1. The molecule has 134 valence electrons. The molecule has 0 aliphatic rings. The zero-order chi connectivity index (χ0) is 18.8. The Balaban J connectivity index is 1.94. The van der Waals surface area contributed by atoms with Crippen molar-refractivity contribution in [3.8, 4) is 0 Å². The summed E-state index contributed by atoms with van der Waals surface area (Å²) in [4.78, 5) is 17.7. The zero-order valence-electron chi connectivity index (χ0n) is 14.8. The van der Waals surface area contributed by atoms with Crippen LogP contribution in [0.15, 0.2) is 42.5 Å². The molecule has 0 bridgehead atoms. The quantitative estimate of drug-likeness (QED) is 0.774. The summed E-state index contributed by atoms with van der Waals surface area (Å²) in [6.45, 7) is 2.30. The Kier molecular flexibility index (Phi) is 4.84. The van der Waals surface area contributed by atoms with Gasteiger partial charge in [-0.1, -0.05) is 12.1 Å². The number of rotatable bonds is 4. The molecule has 3 rings (SSSR count). The summed E-state index contributed by atoms with van der Waals surface area (Å²) in [5.41, 5.74) is 2.98. The van der Waals surface area contributed by atoms with Crippen molar-refractivity contribution in [2.45, 2.75) is 13.5 Å². The van der Waals surface area contributed by atoms with Gasteiger partial charge in [-0.2, -0.15) is 0 Å². The Hall–Kier alpha value is -3.02. The van der Waals surface area contributed by atoms with E-state index < -0.39 is 11.6 Å². The maximum atomic E-state index is 14.1. The van der Waals surface area contributed by atoms with E-state index in [1.807, 2.05) is 30.1 Å². The van der Waals surface area contributed by atoms with Crippen molar-refractivity contribution in [3.63, 3.8) is 0 Å². The standard InChI is InChI=1S/C20H19F2N3O/c1-12-10-17(15-8-9-16(21)18(22)19(15)24-12)25(3)11-13-4-6-14(7-5-13)20(26)23-2/h4-10H,11H2,1-3H3,(H,23,26). The Morgan fingerprint density at radius 2 is 1.85 bits per heavy atom. The second kappa shape index (κ2) is 7.07. The number of carbonyl (C=O) groups is 1. The van der Waals surface area contributed by atoms with E-state index in [1.165, 1.54) is 0 Å². The highest BCUT2D eigenvalue weighted by molar-refractivity contribution is 5.94. The number of aryl methyl sites for hydroxylation is 1. The highest BCUT2D eigenvalue weighted by atomic mass is 19.2. The van der Waals surface area contributed by atoms with Crippen LogP contribution in [-0.2, 0) is 6.54 Å². The van der Waals surface area contributed by atoms with E-state index in [0.29, 0.717) is 23.2 Å². The molecule has 1 aromatic heterocycles. The number of halogens is 2. The lowest BCUT2D eigenvalue weighted by atomic mass is 10.1. The van der Waals surface area contributed by atoms with Crippen molar-refractivity contribution in [3.05, 3.63) is 70.9 Å². The number of amides is 1. The molecule has 2 aromatic carbocycles. The predicted molar refractivity (Wildman–Crippen MR) is 98.3 cm³/mol. The summed E-state index contributed by atoms with van der Waals surface area (Å²) in [6.07, 6.45) is 0. The lowest BCUT2D eigenvalue weighted by Gasteiger charge is -2.22. The van der Waals surface area contributed by atoms with Crippen molar-refractivity contribution in [1.82, 2.24) is 10.3 Å². The highest BCUT2D eigenvalue weighted by Crippen LogP contribution is 2.29. The zero-order valence-corrected chi connectivity index (χ0v) is 14.8. The van der Waals surface area contributed by atoms with Gasteiger partial charge in [-0.3, -0.25) is 4.79 Å². The molecule has 1 amide bonds. The van der Waals surface area contributed by atoms with Gasteiger partial charge in [0.2, 0.25) is 0 Å². The fraction of sp³-hybridized carbons (Fsp3) is 0.200. The van der Waals surface area contributed by atoms with Crippen LogP contribution in [0.2, 0.25) is 0 Å². The number of hydrogen-bond acceptors (Lipinski definition) is 3. The van der Waals surface area contributed by atoms with Crippen LogP contribution in [0.25, 0.3) is 10.9 Å². The molecule has 0 spiro atoms. The lowest BCUT2D eigenvalue weighted by molar-refractivity contribution is 0.0963. The first-order chi connectivity index (χ1) is 12.4. The van der Waals surface area contributed by atoms with Crippen LogP contribution in [-0.4, -0.2) is 25.0 Å². The highest BCUT2D eigenvalue weighted by Gasteiger charge is 2.15. The summed E-state index contributed by atoms with van der Waals surface area (Å²) in [7, 11) is 3.46. The second-order valence-corrected chi connectivity index (χ2v) is 6.17. The first kappa shape index (κ1) is 17.8. The van der Waals surface area contributed by atoms with Gasteiger partial charge in [0, 0.05) is 43.0 Å². The Bertz CT molecular complexity index is 971. The molecule has 0 atom stereocenters. The normalized spacial score (nSPS) is 10.8. The molecular weight excluding hydrogens is 336 g/mol. The van der Waals surface area contributed by atoms with Crippen molar-refractivity contribution in [2.75, 3.05) is 19.0 Å². The van der Waals surface area contributed by atoms with Crippen LogP contribution >= 0.6 is 0 Å². The van der Waals surface area contributed by atoms with E-state index in [-0.39, 0.29) is 11.4 Å². The van der Waals surface area contributed by atoms with Crippen LogP contribution < -0.4 is 10.2 Å². The third-order valence-corrected chi connectivity index (χ3v) is 4.25. The van der Waals surface area contributed by atoms with Crippen LogP contribution in [0.1, 0.15) is 21.6 Å². The first-order valence-electron chi connectivity index (χ1n) is 8.18. The molecule has 0 saturated heterocycles. The molecule has 0 fully saturated rings. The van der Waals surface area contributed by atoms with E-state index in [1.54, 1.807) is 32.2 Å². The number of carbonyl (C=O) groups excluding carboxylic acids is 1. The lowest BCUT2D eigenvalue weighted by Crippen LogP contribution is -2.19. The van der Waals surface area contributed by atoms with Gasteiger partial charge in [-0.25, -0.2) is 13.8 Å². The Morgan fingerprint density at radius 1 is 1.15 bits per heavy atom. The van der Waals surface area contributed by atoms with Crippen molar-refractivity contribution < 1.29 is 13.6 Å². The van der Waals surface area contributed by atoms with Gasteiger partial charge >= 0.3 is 0 Å². The van der Waals surface area contributed by atoms with Crippen molar-refractivity contribution in [1.29, 1.82) is 0 Å². The number of benzene rings is 2. The number of nitrogens with zero attached hydrogens (tertiary/aromatic N) is 2. The minimum atomic E-state index is -0.934. The molecule has 3 aromatic rings. The van der Waals surface area contributed by atoms with Crippen LogP contribution in [0.4, 0.5) is 14.5 Å². The molecule has 0 aliphatic heterocycles. The van der Waals surface area contributed by atoms with Gasteiger partial charge < -0.3 is 10.2 Å². The number of aromatic nitrogens is 1. The van der Waals surface area contributed by atoms with E-state index in [9.17, 15) is 13.6 Å². The largest absolute Gasteiger partial charge is 0.370 e. The van der Waals surface area contributed by atoms with Gasteiger partial charge in [0.05, 0.1) is 0 Å². The smallest absolute Gasteiger partial charge is 0.251 e. The van der Waals surface area contributed by atoms with E-state index in [2.05, 4.69) is 10.3 Å². The predicted octanol–water partition coefficient (Wildman–Crippen LogP) is 3.82. The third kappa shape index (κ3) is 3.35. The minimum Gasteiger partial charge on any atom is -0.370 e. The maximum absolute atomic E-state index is 14.1. The molecule has 1 N–H and O–H groups in total. The fourth-order valence-corrected chi connectivity index (χ4v) is 2.92. The summed E-state index contributed by atoms with van der Waals surface area (Å²) in [6, 6.07) is 11.8. The molecule has 4 nitrogen and oxygen atoms in total. The monoisotopic (exact) mass is 355 g/mol. The van der Waals surface area contributed by atoms with Crippen molar-refractivity contribution in [2.24, 2.45) is 0 Å². The molecule has 0 aliphatic carbocycles. The molecule has 6 heteroatoms. The summed E-state index contributed by atoms with van der Waals surface area (Å²) >= 11 is 0. The number of fused-ring (bicyclic) bond motifs is 1. The number of hydrogen-bond donors (Lipinski definition) is 1. The van der Waals surface area contributed by atoms with Gasteiger partial charge in [-0.15, -0.1) is 0 Å². The number of pyridine rings is 1. The minimum absolute atomic E-state index is 0.0295. The van der Waals surface area contributed by atoms with E-state index in [0.717, 1.165) is 17.3 Å². The first-order valence-corrected chi connectivity index (χ1v) is 8.18. The molecule has 0 radical (unpaired) electrons. The third-order valence-electron chi connectivity index (χ3n) is 4.25. The van der Waals surface area contributed by atoms with Crippen LogP contribution in [0.3, 0.4) is 0 Å². The number of nitrogens with one attached hydrogen (secondary N) is 1. The van der Waals surface area contributed by atoms with Crippen LogP contribution in [0, 0.1) is 18.6 Å². The molecule has 1 heterocycles. The average Bonchev–Trinajstić information content (AvgIpc) is 2.64. The van der Waals surface area contributed by atoms with E-state index >= 15 is 0 Å². The topological polar surface area (TPSA) is 45.2 Å².